The van der Waals surface area contributed by atoms with Crippen molar-refractivity contribution in [2.45, 2.75) is 32.8 Å². The van der Waals surface area contributed by atoms with E-state index in [-0.39, 0.29) is 12.0 Å². The highest BCUT2D eigenvalue weighted by atomic mass is 16.6. The van der Waals surface area contributed by atoms with E-state index in [0.717, 1.165) is 0 Å². The highest BCUT2D eigenvalue weighted by Gasteiger charge is 2.23. The summed E-state index contributed by atoms with van der Waals surface area (Å²) in [4.78, 5) is 26.6. The number of pyridine rings is 1. The second-order valence-electron chi connectivity index (χ2n) is 3.92. The summed E-state index contributed by atoms with van der Waals surface area (Å²) < 4.78 is 4.94. The van der Waals surface area contributed by atoms with Crippen molar-refractivity contribution >= 4 is 17.6 Å². The van der Waals surface area contributed by atoms with Gasteiger partial charge in [0.25, 0.3) is 0 Å². The molecule has 0 aliphatic rings. The van der Waals surface area contributed by atoms with Gasteiger partial charge in [-0.3, -0.25) is 4.98 Å². The lowest BCUT2D eigenvalue weighted by Crippen LogP contribution is -2.27. The van der Waals surface area contributed by atoms with Crippen molar-refractivity contribution in [1.82, 2.24) is 4.98 Å². The Morgan fingerprint density at radius 1 is 1.56 bits per heavy atom. The average molecular weight is 252 g/mol. The average Bonchev–Trinajstić information content (AvgIpc) is 2.31. The summed E-state index contributed by atoms with van der Waals surface area (Å²) in [6, 6.07) is 1.43. The summed E-state index contributed by atoms with van der Waals surface area (Å²) in [5, 5.41) is 8.91. The van der Waals surface area contributed by atoms with Crippen molar-refractivity contribution in [3.63, 3.8) is 0 Å². The largest absolute Gasteiger partial charge is 0.479 e. The number of nitrogens with zero attached hydrogens (tertiary/aromatic N) is 1. The quantitative estimate of drug-likeness (QED) is 0.767. The number of aromatic nitrogens is 1. The molecule has 1 rings (SSSR count). The number of anilines is 1. The molecule has 1 atom stereocenters. The van der Waals surface area contributed by atoms with Crippen molar-refractivity contribution in [3.8, 4) is 0 Å². The van der Waals surface area contributed by atoms with Crippen molar-refractivity contribution in [2.75, 3.05) is 5.73 Å². The van der Waals surface area contributed by atoms with Crippen molar-refractivity contribution in [1.29, 1.82) is 0 Å². The van der Waals surface area contributed by atoms with Crippen LogP contribution < -0.4 is 5.73 Å². The maximum absolute atomic E-state index is 11.8. The van der Waals surface area contributed by atoms with Gasteiger partial charge in [-0.2, -0.15) is 0 Å². The number of nitrogen functional groups attached to an aromatic ring is 1. The zero-order valence-electron chi connectivity index (χ0n) is 10.3. The van der Waals surface area contributed by atoms with Crippen LogP contribution in [0.1, 0.15) is 35.8 Å². The molecular formula is C12H16N2O4. The van der Waals surface area contributed by atoms with E-state index >= 15 is 0 Å². The van der Waals surface area contributed by atoms with Gasteiger partial charge in [0.05, 0.1) is 23.1 Å². The lowest BCUT2D eigenvalue weighted by atomic mass is 10.2. The topological polar surface area (TPSA) is 103 Å². The number of hydrogen-bond acceptors (Lipinski definition) is 5. The molecule has 0 saturated heterocycles. The van der Waals surface area contributed by atoms with Crippen LogP contribution in [-0.4, -0.2) is 28.1 Å². The van der Waals surface area contributed by atoms with Crippen LogP contribution in [0.5, 0.6) is 0 Å². The molecule has 1 unspecified atom stereocenters. The van der Waals surface area contributed by atoms with Crippen molar-refractivity contribution in [2.24, 2.45) is 0 Å². The normalized spacial score (nSPS) is 11.9. The number of aryl methyl sites for hydroxylation is 1. The van der Waals surface area contributed by atoms with Crippen LogP contribution in [0.4, 0.5) is 5.69 Å². The Morgan fingerprint density at radius 2 is 2.22 bits per heavy atom. The molecule has 0 aliphatic heterocycles. The number of carboxylic acids is 1. The predicted octanol–water partition coefficient (Wildman–Crippen LogP) is 1.38. The lowest BCUT2D eigenvalue weighted by molar-refractivity contribution is -0.147. The number of carboxylic acid groups (broad SMARTS) is 1. The highest BCUT2D eigenvalue weighted by Crippen LogP contribution is 2.13. The molecule has 0 fully saturated rings. The fraction of sp³-hybridized carbons (Fsp3) is 0.417. The molecule has 6 heteroatoms. The van der Waals surface area contributed by atoms with Crippen LogP contribution >= 0.6 is 0 Å². The SMILES string of the molecule is CCCC(OC(=O)c1cc(N)cnc1C)C(=O)O. The van der Waals surface area contributed by atoms with Crippen LogP contribution in [-0.2, 0) is 9.53 Å². The molecule has 6 nitrogen and oxygen atoms in total. The summed E-state index contributed by atoms with van der Waals surface area (Å²) in [6.45, 7) is 3.45. The molecular weight excluding hydrogens is 236 g/mol. The van der Waals surface area contributed by atoms with E-state index in [1.54, 1.807) is 6.92 Å². The van der Waals surface area contributed by atoms with Crippen LogP contribution in [0.2, 0.25) is 0 Å². The zero-order valence-corrected chi connectivity index (χ0v) is 10.3. The van der Waals surface area contributed by atoms with Crippen LogP contribution in [0.3, 0.4) is 0 Å². The molecule has 0 amide bonds. The minimum atomic E-state index is -1.15. The molecule has 1 aromatic heterocycles. The zero-order chi connectivity index (χ0) is 13.7. The van der Waals surface area contributed by atoms with Crippen LogP contribution in [0, 0.1) is 6.92 Å². The molecule has 0 radical (unpaired) electrons. The van der Waals surface area contributed by atoms with Gasteiger partial charge in [0.2, 0.25) is 0 Å². The Kier molecular flexibility index (Phi) is 4.65. The Morgan fingerprint density at radius 3 is 2.78 bits per heavy atom. The Balaban J connectivity index is 2.86. The third-order valence-corrected chi connectivity index (χ3v) is 2.40. The van der Waals surface area contributed by atoms with Gasteiger partial charge >= 0.3 is 11.9 Å². The summed E-state index contributed by atoms with van der Waals surface area (Å²) in [5.74, 6) is -1.87. The summed E-state index contributed by atoms with van der Waals surface area (Å²) in [5.41, 5.74) is 6.50. The molecule has 98 valence electrons. The molecule has 18 heavy (non-hydrogen) atoms. The standard InChI is InChI=1S/C12H16N2O4/c1-3-4-10(11(15)16)18-12(17)9-5-8(13)6-14-7(9)2/h5-6,10H,3-4,13H2,1-2H3,(H,15,16). The third kappa shape index (κ3) is 3.44. The molecule has 0 aromatic carbocycles. The number of rotatable bonds is 5. The minimum Gasteiger partial charge on any atom is -0.479 e. The molecule has 1 heterocycles. The minimum absolute atomic E-state index is 0.192. The molecule has 0 saturated carbocycles. The first-order chi connectivity index (χ1) is 8.45. The fourth-order valence-corrected chi connectivity index (χ4v) is 1.44. The number of ether oxygens (including phenoxy) is 1. The maximum atomic E-state index is 11.8. The first-order valence-electron chi connectivity index (χ1n) is 5.61. The number of carbonyl (C=O) groups excluding carboxylic acids is 1. The lowest BCUT2D eigenvalue weighted by Gasteiger charge is -2.13. The number of esters is 1. The van der Waals surface area contributed by atoms with Gasteiger partial charge < -0.3 is 15.6 Å². The Labute approximate surface area is 105 Å². The van der Waals surface area contributed by atoms with E-state index in [9.17, 15) is 9.59 Å². The van der Waals surface area contributed by atoms with Gasteiger partial charge in [0.1, 0.15) is 0 Å². The van der Waals surface area contributed by atoms with E-state index in [2.05, 4.69) is 4.98 Å². The first kappa shape index (κ1) is 14.0. The van der Waals surface area contributed by atoms with E-state index in [0.29, 0.717) is 17.8 Å². The first-order valence-corrected chi connectivity index (χ1v) is 5.61. The second kappa shape index (κ2) is 6.00. The second-order valence-corrected chi connectivity index (χ2v) is 3.92. The Bertz CT molecular complexity index is 459. The number of nitrogens with two attached hydrogens (primary N) is 1. The van der Waals surface area contributed by atoms with Gasteiger partial charge in [-0.25, -0.2) is 9.59 Å². The van der Waals surface area contributed by atoms with Crippen molar-refractivity contribution in [3.05, 3.63) is 23.5 Å². The summed E-state index contributed by atoms with van der Waals surface area (Å²) >= 11 is 0. The monoisotopic (exact) mass is 252 g/mol. The molecule has 0 aliphatic carbocycles. The molecule has 0 spiro atoms. The number of hydrogen-bond donors (Lipinski definition) is 2. The number of aliphatic carboxylic acids is 1. The van der Waals surface area contributed by atoms with E-state index in [4.69, 9.17) is 15.6 Å². The fourth-order valence-electron chi connectivity index (χ4n) is 1.44. The molecule has 1 aromatic rings. The predicted molar refractivity (Wildman–Crippen MR) is 65.1 cm³/mol. The third-order valence-electron chi connectivity index (χ3n) is 2.40. The molecule has 3 N–H and O–H groups in total. The smallest absolute Gasteiger partial charge is 0.345 e. The van der Waals surface area contributed by atoms with Gasteiger partial charge in [0, 0.05) is 0 Å². The Hall–Kier alpha value is -2.11. The maximum Gasteiger partial charge on any atom is 0.345 e. The van der Waals surface area contributed by atoms with Gasteiger partial charge in [-0.15, -0.1) is 0 Å². The van der Waals surface area contributed by atoms with Gasteiger partial charge in [0.15, 0.2) is 6.10 Å². The van der Waals surface area contributed by atoms with Crippen molar-refractivity contribution < 1.29 is 19.4 Å². The number of carbonyl (C=O) groups is 2. The van der Waals surface area contributed by atoms with E-state index in [1.165, 1.54) is 12.3 Å². The molecule has 0 bridgehead atoms. The van der Waals surface area contributed by atoms with Crippen LogP contribution in [0.15, 0.2) is 12.3 Å². The van der Waals surface area contributed by atoms with E-state index < -0.39 is 18.0 Å². The summed E-state index contributed by atoms with van der Waals surface area (Å²) in [7, 11) is 0. The van der Waals surface area contributed by atoms with E-state index in [1.807, 2.05) is 6.92 Å². The van der Waals surface area contributed by atoms with Gasteiger partial charge in [-0.05, 0) is 19.4 Å². The highest BCUT2D eigenvalue weighted by molar-refractivity contribution is 5.93. The van der Waals surface area contributed by atoms with Crippen LogP contribution in [0.25, 0.3) is 0 Å². The van der Waals surface area contributed by atoms with Gasteiger partial charge in [-0.1, -0.05) is 13.3 Å². The summed E-state index contributed by atoms with van der Waals surface area (Å²) in [6.07, 6.45) is 1.17.